The van der Waals surface area contributed by atoms with Gasteiger partial charge in [0.2, 0.25) is 17.6 Å². The maximum absolute atomic E-state index is 12.9. The van der Waals surface area contributed by atoms with E-state index in [1.165, 1.54) is 11.3 Å². The van der Waals surface area contributed by atoms with Gasteiger partial charge in [0, 0.05) is 18.0 Å². The van der Waals surface area contributed by atoms with Crippen LogP contribution in [0.2, 0.25) is 0 Å². The summed E-state index contributed by atoms with van der Waals surface area (Å²) in [6.45, 7) is 8.31. The fraction of sp³-hybridized carbons (Fsp3) is 0.700. The van der Waals surface area contributed by atoms with Gasteiger partial charge in [-0.3, -0.25) is 19.7 Å². The topological polar surface area (TPSA) is 152 Å². The molecule has 0 saturated carbocycles. The summed E-state index contributed by atoms with van der Waals surface area (Å²) in [5.74, 6) is -0.509. The van der Waals surface area contributed by atoms with E-state index in [1.54, 1.807) is 11.6 Å². The van der Waals surface area contributed by atoms with Crippen LogP contribution in [0.4, 0.5) is 0 Å². The van der Waals surface area contributed by atoms with Gasteiger partial charge in [-0.25, -0.2) is 4.98 Å². The van der Waals surface area contributed by atoms with Crippen molar-refractivity contribution in [3.63, 3.8) is 0 Å². The molecule has 2 amide bonds. The smallest absolute Gasteiger partial charge is 0.243 e. The number of rotatable bonds is 14. The van der Waals surface area contributed by atoms with Crippen molar-refractivity contribution in [2.75, 3.05) is 6.54 Å². The summed E-state index contributed by atoms with van der Waals surface area (Å²) in [6.07, 6.45) is 3.01. The van der Waals surface area contributed by atoms with Crippen LogP contribution in [0.15, 0.2) is 11.6 Å². The fourth-order valence-corrected chi connectivity index (χ4v) is 3.43. The van der Waals surface area contributed by atoms with Gasteiger partial charge < -0.3 is 22.1 Å². The van der Waals surface area contributed by atoms with Crippen molar-refractivity contribution in [2.45, 2.75) is 71.8 Å². The number of nitrogens with one attached hydrogen (secondary N) is 3. The third kappa shape index (κ3) is 9.75. The minimum absolute atomic E-state index is 0.125. The van der Waals surface area contributed by atoms with Crippen LogP contribution in [0.3, 0.4) is 0 Å². The number of aromatic nitrogens is 1. The Morgan fingerprint density at radius 1 is 1.10 bits per heavy atom. The summed E-state index contributed by atoms with van der Waals surface area (Å²) >= 11 is 1.23. The Bertz CT molecular complexity index is 664. The van der Waals surface area contributed by atoms with Gasteiger partial charge in [-0.05, 0) is 37.6 Å². The Morgan fingerprint density at radius 2 is 1.80 bits per heavy atom. The molecule has 0 fully saturated rings. The van der Waals surface area contributed by atoms with Crippen molar-refractivity contribution in [3.8, 4) is 0 Å². The van der Waals surface area contributed by atoms with Crippen LogP contribution in [-0.2, 0) is 9.59 Å². The predicted molar refractivity (Wildman–Crippen MR) is 119 cm³/mol. The second-order valence-corrected chi connectivity index (χ2v) is 9.00. The van der Waals surface area contributed by atoms with E-state index in [0.717, 1.165) is 6.42 Å². The SMILES string of the molecule is CC(C)CCC(=O)NC(C(=O)NC(CCCNC(N)N)C(=O)c1nccs1)C(C)C. The summed E-state index contributed by atoms with van der Waals surface area (Å²) in [6, 6.07) is -1.46. The number of hydrogen-bond acceptors (Lipinski definition) is 8. The molecule has 0 spiro atoms. The Labute approximate surface area is 182 Å². The minimum Gasteiger partial charge on any atom is -0.344 e. The Balaban J connectivity index is 2.80. The van der Waals surface area contributed by atoms with E-state index in [1.807, 2.05) is 27.7 Å². The molecule has 170 valence electrons. The molecule has 0 bridgehead atoms. The van der Waals surface area contributed by atoms with E-state index in [0.29, 0.717) is 36.7 Å². The highest BCUT2D eigenvalue weighted by Gasteiger charge is 2.29. The fourth-order valence-electron chi connectivity index (χ4n) is 2.80. The van der Waals surface area contributed by atoms with E-state index >= 15 is 0 Å². The van der Waals surface area contributed by atoms with Crippen LogP contribution in [-0.4, -0.2) is 47.5 Å². The Hall–Kier alpha value is -1.88. The number of thiazole rings is 1. The standard InChI is InChI=1S/C20H36N6O3S/c1-12(2)7-8-15(27)26-16(13(3)4)18(29)25-14(6-5-9-24-20(21)22)17(28)19-23-10-11-30-19/h10-14,16,20,24H,5-9,21-22H2,1-4H3,(H,25,29)(H,26,27). The normalized spacial score (nSPS) is 13.5. The summed E-state index contributed by atoms with van der Waals surface area (Å²) in [4.78, 5) is 42.1. The lowest BCUT2D eigenvalue weighted by atomic mass is 10.0. The number of carbonyl (C=O) groups is 3. The maximum atomic E-state index is 12.9. The van der Waals surface area contributed by atoms with Crippen molar-refractivity contribution in [1.82, 2.24) is 20.9 Å². The first-order valence-electron chi connectivity index (χ1n) is 10.4. The molecule has 1 aromatic heterocycles. The van der Waals surface area contributed by atoms with E-state index in [-0.39, 0.29) is 23.5 Å². The number of carbonyl (C=O) groups excluding carboxylic acids is 3. The van der Waals surface area contributed by atoms with Crippen LogP contribution < -0.4 is 27.4 Å². The summed E-state index contributed by atoms with van der Waals surface area (Å²) in [5.41, 5.74) is 10.9. The molecule has 9 nitrogen and oxygen atoms in total. The average Bonchev–Trinajstić information content (AvgIpc) is 3.20. The molecular formula is C20H36N6O3S. The van der Waals surface area contributed by atoms with Crippen LogP contribution in [0, 0.1) is 11.8 Å². The number of nitrogens with two attached hydrogens (primary N) is 2. The van der Waals surface area contributed by atoms with Gasteiger partial charge in [-0.2, -0.15) is 0 Å². The van der Waals surface area contributed by atoms with Gasteiger partial charge in [-0.1, -0.05) is 27.7 Å². The molecule has 30 heavy (non-hydrogen) atoms. The third-order valence-electron chi connectivity index (χ3n) is 4.54. The van der Waals surface area contributed by atoms with Crippen molar-refractivity contribution in [1.29, 1.82) is 0 Å². The molecule has 0 radical (unpaired) electrons. The zero-order valence-electron chi connectivity index (χ0n) is 18.3. The lowest BCUT2D eigenvalue weighted by Gasteiger charge is -2.25. The number of ketones is 1. The lowest BCUT2D eigenvalue weighted by molar-refractivity contribution is -0.130. The molecule has 0 aliphatic carbocycles. The molecule has 0 aromatic carbocycles. The summed E-state index contributed by atoms with van der Waals surface area (Å²) < 4.78 is 0. The second-order valence-electron chi connectivity index (χ2n) is 8.11. The zero-order valence-corrected chi connectivity index (χ0v) is 19.1. The number of hydrogen-bond donors (Lipinski definition) is 5. The first-order valence-corrected chi connectivity index (χ1v) is 11.3. The molecule has 1 heterocycles. The predicted octanol–water partition coefficient (Wildman–Crippen LogP) is 0.958. The highest BCUT2D eigenvalue weighted by atomic mass is 32.1. The molecule has 2 unspecified atom stereocenters. The highest BCUT2D eigenvalue weighted by molar-refractivity contribution is 7.11. The highest BCUT2D eigenvalue weighted by Crippen LogP contribution is 2.13. The monoisotopic (exact) mass is 440 g/mol. The number of nitrogens with zero attached hydrogens (tertiary/aromatic N) is 1. The first-order chi connectivity index (χ1) is 14.1. The Kier molecular flexibility index (Phi) is 11.7. The number of Topliss-reactive ketones (excluding diaryl/α,β-unsaturated/α-hetero) is 1. The van der Waals surface area contributed by atoms with E-state index in [2.05, 4.69) is 20.9 Å². The van der Waals surface area contributed by atoms with E-state index in [9.17, 15) is 14.4 Å². The quantitative estimate of drug-likeness (QED) is 0.164. The van der Waals surface area contributed by atoms with Crippen molar-refractivity contribution in [2.24, 2.45) is 23.3 Å². The van der Waals surface area contributed by atoms with E-state index in [4.69, 9.17) is 11.5 Å². The summed E-state index contributed by atoms with van der Waals surface area (Å²) in [7, 11) is 0. The third-order valence-corrected chi connectivity index (χ3v) is 5.33. The molecule has 1 rings (SSSR count). The van der Waals surface area contributed by atoms with E-state index < -0.39 is 18.4 Å². The largest absolute Gasteiger partial charge is 0.344 e. The molecule has 2 atom stereocenters. The van der Waals surface area contributed by atoms with Crippen molar-refractivity contribution >= 4 is 28.9 Å². The molecular weight excluding hydrogens is 404 g/mol. The van der Waals surface area contributed by atoms with Crippen LogP contribution in [0.1, 0.15) is 63.2 Å². The molecule has 7 N–H and O–H groups in total. The maximum Gasteiger partial charge on any atom is 0.243 e. The van der Waals surface area contributed by atoms with Gasteiger partial charge in [0.15, 0.2) is 5.01 Å². The average molecular weight is 441 g/mol. The first kappa shape index (κ1) is 26.2. The van der Waals surface area contributed by atoms with Crippen LogP contribution >= 0.6 is 11.3 Å². The van der Waals surface area contributed by atoms with Gasteiger partial charge in [0.05, 0.1) is 6.04 Å². The molecule has 1 aromatic rings. The minimum atomic E-state index is -0.742. The van der Waals surface area contributed by atoms with Crippen LogP contribution in [0.25, 0.3) is 0 Å². The zero-order chi connectivity index (χ0) is 22.7. The van der Waals surface area contributed by atoms with Gasteiger partial charge >= 0.3 is 0 Å². The van der Waals surface area contributed by atoms with Crippen LogP contribution in [0.5, 0.6) is 0 Å². The van der Waals surface area contributed by atoms with Gasteiger partial charge in [0.1, 0.15) is 12.3 Å². The summed E-state index contributed by atoms with van der Waals surface area (Å²) in [5, 5.41) is 10.6. The molecule has 0 aliphatic heterocycles. The number of amides is 2. The molecule has 0 aliphatic rings. The van der Waals surface area contributed by atoms with Gasteiger partial charge in [0.25, 0.3) is 0 Å². The van der Waals surface area contributed by atoms with Gasteiger partial charge in [-0.15, -0.1) is 11.3 Å². The van der Waals surface area contributed by atoms with Crippen molar-refractivity contribution in [3.05, 3.63) is 16.6 Å². The second kappa shape index (κ2) is 13.4. The Morgan fingerprint density at radius 3 is 2.33 bits per heavy atom. The lowest BCUT2D eigenvalue weighted by Crippen LogP contribution is -2.54. The molecule has 10 heteroatoms. The van der Waals surface area contributed by atoms with Crippen molar-refractivity contribution < 1.29 is 14.4 Å². The molecule has 0 saturated heterocycles.